The quantitative estimate of drug-likeness (QED) is 0.189. The van der Waals surface area contributed by atoms with Gasteiger partial charge in [0.15, 0.2) is 0 Å². The van der Waals surface area contributed by atoms with Crippen LogP contribution in [0.5, 0.6) is 11.5 Å². The third kappa shape index (κ3) is 5.19. The summed E-state index contributed by atoms with van der Waals surface area (Å²) in [6, 6.07) is 17.4. The van der Waals surface area contributed by atoms with Crippen molar-refractivity contribution in [3.8, 4) is 11.5 Å². The minimum atomic E-state index is -0.866. The second kappa shape index (κ2) is 11.8. The molecule has 8 heteroatoms. The van der Waals surface area contributed by atoms with E-state index in [1.54, 1.807) is 0 Å². The smallest absolute Gasteiger partial charge is 0.300 e. The molecule has 1 unspecified atom stereocenters. The summed E-state index contributed by atoms with van der Waals surface area (Å²) >= 11 is 6.28. The van der Waals surface area contributed by atoms with Gasteiger partial charge < -0.3 is 19.5 Å². The zero-order valence-corrected chi connectivity index (χ0v) is 23.6. The van der Waals surface area contributed by atoms with E-state index in [-0.39, 0.29) is 27.7 Å². The number of ketones is 1. The third-order valence-electron chi connectivity index (χ3n) is 7.13. The molecule has 1 aliphatic rings. The molecule has 3 aromatic carbocycles. The van der Waals surface area contributed by atoms with Gasteiger partial charge in [-0.2, -0.15) is 0 Å². The summed E-state index contributed by atoms with van der Waals surface area (Å²) in [5.41, 5.74) is 3.53. The highest BCUT2D eigenvalue weighted by Crippen LogP contribution is 2.45. The third-order valence-corrected chi connectivity index (χ3v) is 7.43. The average molecular weight is 549 g/mol. The molecule has 3 aromatic rings. The molecule has 0 radical (unpaired) electrons. The summed E-state index contributed by atoms with van der Waals surface area (Å²) in [6.45, 7) is 7.90. The van der Waals surface area contributed by atoms with Crippen LogP contribution in [0.3, 0.4) is 0 Å². The number of aryl methyl sites for hydroxylation is 1. The highest BCUT2D eigenvalue weighted by atomic mass is 35.5. The van der Waals surface area contributed by atoms with Crippen LogP contribution in [0, 0.1) is 0 Å². The van der Waals surface area contributed by atoms with Crippen molar-refractivity contribution in [2.24, 2.45) is 0 Å². The van der Waals surface area contributed by atoms with Crippen LogP contribution in [0.25, 0.3) is 5.76 Å². The average Bonchev–Trinajstić information content (AvgIpc) is 3.23. The first kappa shape index (κ1) is 28.0. The van der Waals surface area contributed by atoms with Gasteiger partial charge in [0, 0.05) is 30.5 Å². The van der Waals surface area contributed by atoms with Crippen molar-refractivity contribution < 1.29 is 24.2 Å². The van der Waals surface area contributed by atoms with E-state index in [1.165, 1.54) is 31.3 Å². The van der Waals surface area contributed by atoms with Crippen LogP contribution in [0.15, 0.2) is 66.2 Å². The minimum absolute atomic E-state index is 0.0437. The first-order valence-corrected chi connectivity index (χ1v) is 13.3. The molecule has 1 fully saturated rings. The fourth-order valence-electron chi connectivity index (χ4n) is 4.95. The van der Waals surface area contributed by atoms with Crippen molar-refractivity contribution in [2.45, 2.75) is 33.2 Å². The lowest BCUT2D eigenvalue weighted by molar-refractivity contribution is -0.132. The van der Waals surface area contributed by atoms with Crippen LogP contribution in [-0.4, -0.2) is 44.1 Å². The van der Waals surface area contributed by atoms with Gasteiger partial charge >= 0.3 is 0 Å². The van der Waals surface area contributed by atoms with E-state index >= 15 is 0 Å². The number of nitrogens with zero attached hydrogens (tertiary/aromatic N) is 2. The molecule has 1 amide bonds. The largest absolute Gasteiger partial charge is 0.507 e. The zero-order chi connectivity index (χ0) is 28.3. The summed E-state index contributed by atoms with van der Waals surface area (Å²) in [5.74, 6) is -1.35. The maximum atomic E-state index is 13.6. The number of carbonyl (C=O) groups excluding carboxylic acids is 2. The van der Waals surface area contributed by atoms with Gasteiger partial charge in [-0.15, -0.1) is 0 Å². The standard InChI is InChI=1S/C31H33ClN2O5/c1-6-19-9-13-22(14-10-19)34-28(20-11-15-21(16-12-20)33(7-2)8-3)27(30(36)31(34)37)29(35)23-17-26(39-5)24(32)18-25(23)38-4/h9-18,28,35H,6-8H2,1-5H3/b29-27+. The van der Waals surface area contributed by atoms with Gasteiger partial charge in [-0.3, -0.25) is 14.5 Å². The van der Waals surface area contributed by atoms with Crippen molar-refractivity contribution >= 4 is 40.4 Å². The number of halogens is 1. The van der Waals surface area contributed by atoms with Crippen molar-refractivity contribution in [1.82, 2.24) is 0 Å². The Balaban J connectivity index is 1.95. The van der Waals surface area contributed by atoms with E-state index in [4.69, 9.17) is 21.1 Å². The topological polar surface area (TPSA) is 79.3 Å². The van der Waals surface area contributed by atoms with Gasteiger partial charge in [0.05, 0.1) is 36.4 Å². The Kier molecular flexibility index (Phi) is 8.51. The van der Waals surface area contributed by atoms with Gasteiger partial charge in [0.25, 0.3) is 11.7 Å². The second-order valence-corrected chi connectivity index (χ2v) is 9.55. The van der Waals surface area contributed by atoms with Crippen LogP contribution < -0.4 is 19.3 Å². The molecular formula is C31H33ClN2O5. The van der Waals surface area contributed by atoms with E-state index in [0.717, 1.165) is 30.8 Å². The monoisotopic (exact) mass is 548 g/mol. The molecule has 0 bridgehead atoms. The minimum Gasteiger partial charge on any atom is -0.507 e. The molecule has 1 aliphatic heterocycles. The Labute approximate surface area is 234 Å². The summed E-state index contributed by atoms with van der Waals surface area (Å²) in [5, 5.41) is 11.9. The van der Waals surface area contributed by atoms with Crippen LogP contribution >= 0.6 is 11.6 Å². The van der Waals surface area contributed by atoms with Crippen LogP contribution in [0.4, 0.5) is 11.4 Å². The van der Waals surface area contributed by atoms with Crippen LogP contribution in [-0.2, 0) is 16.0 Å². The fourth-order valence-corrected chi connectivity index (χ4v) is 5.18. The van der Waals surface area contributed by atoms with Gasteiger partial charge in [-0.25, -0.2) is 0 Å². The van der Waals surface area contributed by atoms with Gasteiger partial charge in [0.1, 0.15) is 17.3 Å². The number of ether oxygens (including phenoxy) is 2. The zero-order valence-electron chi connectivity index (χ0n) is 22.8. The maximum Gasteiger partial charge on any atom is 0.300 e. The Hall–Kier alpha value is -3.97. The summed E-state index contributed by atoms with van der Waals surface area (Å²) in [7, 11) is 2.89. The summed E-state index contributed by atoms with van der Waals surface area (Å²) in [4.78, 5) is 30.8. The molecule has 0 aliphatic carbocycles. The number of hydrogen-bond acceptors (Lipinski definition) is 6. The van der Waals surface area contributed by atoms with Gasteiger partial charge in [-0.05, 0) is 61.7 Å². The van der Waals surface area contributed by atoms with Crippen LogP contribution in [0.2, 0.25) is 5.02 Å². The first-order valence-electron chi connectivity index (χ1n) is 13.0. The second-order valence-electron chi connectivity index (χ2n) is 9.14. The number of benzene rings is 3. The maximum absolute atomic E-state index is 13.6. The lowest BCUT2D eigenvalue weighted by Gasteiger charge is -2.27. The van der Waals surface area contributed by atoms with Crippen molar-refractivity contribution in [1.29, 1.82) is 0 Å². The molecular weight excluding hydrogens is 516 g/mol. The Morgan fingerprint density at radius 1 is 0.923 bits per heavy atom. The predicted octanol–water partition coefficient (Wildman–Crippen LogP) is 6.39. The number of aliphatic hydroxyl groups is 1. The Morgan fingerprint density at radius 2 is 1.54 bits per heavy atom. The first-order chi connectivity index (χ1) is 18.8. The normalized spacial score (nSPS) is 16.5. The molecule has 204 valence electrons. The van der Waals surface area contributed by atoms with E-state index < -0.39 is 17.7 Å². The molecule has 0 saturated carbocycles. The van der Waals surface area contributed by atoms with Crippen molar-refractivity contribution in [2.75, 3.05) is 37.1 Å². The van der Waals surface area contributed by atoms with E-state index in [9.17, 15) is 14.7 Å². The van der Waals surface area contributed by atoms with Crippen LogP contribution in [0.1, 0.15) is 43.5 Å². The van der Waals surface area contributed by atoms with E-state index in [0.29, 0.717) is 17.0 Å². The highest BCUT2D eigenvalue weighted by Gasteiger charge is 2.47. The molecule has 1 atom stereocenters. The summed E-state index contributed by atoms with van der Waals surface area (Å²) in [6.07, 6.45) is 0.841. The number of anilines is 2. The predicted molar refractivity (Wildman–Crippen MR) is 155 cm³/mol. The number of hydrogen-bond donors (Lipinski definition) is 1. The molecule has 39 heavy (non-hydrogen) atoms. The number of carbonyl (C=O) groups is 2. The molecule has 1 N–H and O–H groups in total. The molecule has 7 nitrogen and oxygen atoms in total. The van der Waals surface area contributed by atoms with Crippen molar-refractivity contribution in [3.63, 3.8) is 0 Å². The van der Waals surface area contributed by atoms with E-state index in [1.807, 2.05) is 55.5 Å². The molecule has 1 heterocycles. The number of amides is 1. The fraction of sp³-hybridized carbons (Fsp3) is 0.290. The number of aliphatic hydroxyl groups excluding tert-OH is 1. The molecule has 1 saturated heterocycles. The Bertz CT molecular complexity index is 1400. The molecule has 0 aromatic heterocycles. The number of rotatable bonds is 9. The summed E-state index contributed by atoms with van der Waals surface area (Å²) < 4.78 is 10.8. The molecule has 0 spiro atoms. The number of methoxy groups -OCH3 is 2. The van der Waals surface area contributed by atoms with Gasteiger partial charge in [-0.1, -0.05) is 42.8 Å². The highest BCUT2D eigenvalue weighted by molar-refractivity contribution is 6.51. The lowest BCUT2D eigenvalue weighted by atomic mass is 9.94. The lowest BCUT2D eigenvalue weighted by Crippen LogP contribution is -2.29. The Morgan fingerprint density at radius 3 is 2.08 bits per heavy atom. The molecule has 4 rings (SSSR count). The SMILES string of the molecule is CCc1ccc(N2C(=O)C(=O)/C(=C(/O)c3cc(OC)c(Cl)cc3OC)C2c2ccc(N(CC)CC)cc2)cc1. The van der Waals surface area contributed by atoms with Gasteiger partial charge in [0.2, 0.25) is 0 Å². The van der Waals surface area contributed by atoms with Crippen molar-refractivity contribution in [3.05, 3.63) is 87.9 Å². The number of Topliss-reactive ketones (excluding diaryl/α,β-unsaturated/α-hetero) is 1. The van der Waals surface area contributed by atoms with E-state index in [2.05, 4.69) is 18.7 Å².